The van der Waals surface area contributed by atoms with Crippen LogP contribution in [0.4, 0.5) is 31.5 Å². The summed E-state index contributed by atoms with van der Waals surface area (Å²) in [5, 5.41) is 6.07. The quantitative estimate of drug-likeness (QED) is 0.461. The van der Waals surface area contributed by atoms with Crippen LogP contribution in [0.2, 0.25) is 5.02 Å². The number of nitrogens with one attached hydrogen (secondary N) is 2. The molecule has 3 heterocycles. The van der Waals surface area contributed by atoms with Crippen molar-refractivity contribution in [2.45, 2.75) is 0 Å². The lowest BCUT2D eigenvalue weighted by molar-refractivity contribution is 0.262. The van der Waals surface area contributed by atoms with Gasteiger partial charge in [0.2, 0.25) is 0 Å². The van der Waals surface area contributed by atoms with Gasteiger partial charge in [-0.2, -0.15) is 0 Å². The van der Waals surface area contributed by atoms with Crippen molar-refractivity contribution in [3.05, 3.63) is 65.7 Å². The van der Waals surface area contributed by atoms with Crippen molar-refractivity contribution in [3.63, 3.8) is 0 Å². The van der Waals surface area contributed by atoms with Gasteiger partial charge in [0.15, 0.2) is 5.13 Å². The van der Waals surface area contributed by atoms with Crippen LogP contribution in [0.15, 0.2) is 54.9 Å². The summed E-state index contributed by atoms with van der Waals surface area (Å²) in [7, 11) is 1.71. The van der Waals surface area contributed by atoms with Crippen molar-refractivity contribution >= 4 is 61.6 Å². The van der Waals surface area contributed by atoms with E-state index in [0.29, 0.717) is 37.7 Å². The molecule has 3 aromatic heterocycles. The first kappa shape index (κ1) is 19.0. The van der Waals surface area contributed by atoms with Crippen LogP contribution < -0.4 is 15.5 Å². The Labute approximate surface area is 174 Å². The molecular weight excluding hydrogens is 415 g/mol. The molecule has 7 nitrogen and oxygen atoms in total. The average Bonchev–Trinajstić information content (AvgIpc) is 3.09. The number of hydrogen-bond donors (Lipinski definition) is 2. The number of carbonyl (C=O) groups excluding carboxylic acids is 1. The number of rotatable bonds is 4. The molecule has 0 aliphatic carbocycles. The lowest BCUT2D eigenvalue weighted by atomic mass is 10.2. The van der Waals surface area contributed by atoms with Gasteiger partial charge < -0.3 is 10.2 Å². The molecule has 0 saturated carbocycles. The van der Waals surface area contributed by atoms with Crippen molar-refractivity contribution in [1.29, 1.82) is 0 Å². The lowest BCUT2D eigenvalue weighted by Crippen LogP contribution is -2.19. The molecule has 29 heavy (non-hydrogen) atoms. The molecule has 0 aliphatic heterocycles. The summed E-state index contributed by atoms with van der Waals surface area (Å²) in [6, 6.07) is 11.0. The SMILES string of the molecule is CN(c1ccc2nc(NC(=O)Nc3cccnc3)sc2n1)c1ccc(Cl)cc1F. The zero-order valence-electron chi connectivity index (χ0n) is 15.1. The summed E-state index contributed by atoms with van der Waals surface area (Å²) in [5.74, 6) is 0.0920. The number of hydrogen-bond acceptors (Lipinski definition) is 6. The second-order valence-corrected chi connectivity index (χ2v) is 7.40. The van der Waals surface area contributed by atoms with Crippen molar-refractivity contribution in [3.8, 4) is 0 Å². The van der Waals surface area contributed by atoms with Crippen LogP contribution in [-0.4, -0.2) is 28.0 Å². The van der Waals surface area contributed by atoms with Gasteiger partial charge in [-0.15, -0.1) is 0 Å². The van der Waals surface area contributed by atoms with Crippen LogP contribution in [0, 0.1) is 5.82 Å². The van der Waals surface area contributed by atoms with Crippen LogP contribution in [0.5, 0.6) is 0 Å². The van der Waals surface area contributed by atoms with E-state index in [-0.39, 0.29) is 0 Å². The van der Waals surface area contributed by atoms with Gasteiger partial charge in [-0.1, -0.05) is 22.9 Å². The Balaban J connectivity index is 1.53. The molecule has 0 aliphatic rings. The molecule has 4 aromatic rings. The zero-order chi connectivity index (χ0) is 20.4. The molecular formula is C19H14ClFN6OS. The van der Waals surface area contributed by atoms with E-state index in [1.54, 1.807) is 54.5 Å². The van der Waals surface area contributed by atoms with E-state index in [1.165, 1.54) is 23.6 Å². The topological polar surface area (TPSA) is 83.0 Å². The number of aromatic nitrogens is 3. The van der Waals surface area contributed by atoms with Gasteiger partial charge in [-0.25, -0.2) is 19.2 Å². The molecule has 2 amide bonds. The van der Waals surface area contributed by atoms with Gasteiger partial charge in [0, 0.05) is 18.3 Å². The highest BCUT2D eigenvalue weighted by Crippen LogP contribution is 2.31. The van der Waals surface area contributed by atoms with E-state index in [4.69, 9.17) is 11.6 Å². The first-order chi connectivity index (χ1) is 14.0. The maximum absolute atomic E-state index is 14.2. The number of halogens is 2. The third-order valence-electron chi connectivity index (χ3n) is 4.00. The smallest absolute Gasteiger partial charge is 0.325 e. The molecule has 0 unspecified atom stereocenters. The normalized spacial score (nSPS) is 10.7. The Morgan fingerprint density at radius 1 is 1.17 bits per heavy atom. The van der Waals surface area contributed by atoms with Crippen LogP contribution in [-0.2, 0) is 0 Å². The predicted molar refractivity (Wildman–Crippen MR) is 114 cm³/mol. The largest absolute Gasteiger partial charge is 0.327 e. The molecule has 0 saturated heterocycles. The van der Waals surface area contributed by atoms with Crippen LogP contribution in [0.1, 0.15) is 0 Å². The number of anilines is 4. The standard InChI is InChI=1S/C19H14ClFN6OS/c1-27(15-6-4-11(20)9-13(15)21)16-7-5-14-17(25-16)29-19(24-14)26-18(28)23-12-3-2-8-22-10-12/h2-10H,1H3,(H2,23,24,26,28). The third kappa shape index (κ3) is 4.25. The van der Waals surface area contributed by atoms with Crippen molar-refractivity contribution in [2.24, 2.45) is 0 Å². The second-order valence-electron chi connectivity index (χ2n) is 5.99. The molecule has 0 fully saturated rings. The molecule has 10 heteroatoms. The van der Waals surface area contributed by atoms with Gasteiger partial charge in [-0.05, 0) is 42.5 Å². The minimum absolute atomic E-state index is 0.325. The minimum Gasteiger partial charge on any atom is -0.327 e. The minimum atomic E-state index is -0.444. The fourth-order valence-corrected chi connectivity index (χ4v) is 3.61. The Morgan fingerprint density at radius 3 is 2.79 bits per heavy atom. The van der Waals surface area contributed by atoms with Crippen molar-refractivity contribution in [1.82, 2.24) is 15.0 Å². The van der Waals surface area contributed by atoms with Gasteiger partial charge in [0.05, 0.1) is 17.6 Å². The number of thiazole rings is 1. The molecule has 4 rings (SSSR count). The van der Waals surface area contributed by atoms with E-state index >= 15 is 0 Å². The maximum atomic E-state index is 14.2. The summed E-state index contributed by atoms with van der Waals surface area (Å²) < 4.78 is 14.2. The van der Waals surface area contributed by atoms with E-state index in [9.17, 15) is 9.18 Å². The van der Waals surface area contributed by atoms with Crippen molar-refractivity contribution in [2.75, 3.05) is 22.6 Å². The molecule has 1 aromatic carbocycles. The lowest BCUT2D eigenvalue weighted by Gasteiger charge is -2.18. The maximum Gasteiger partial charge on any atom is 0.325 e. The zero-order valence-corrected chi connectivity index (χ0v) is 16.6. The first-order valence-electron chi connectivity index (χ1n) is 8.44. The molecule has 146 valence electrons. The number of pyridine rings is 2. The summed E-state index contributed by atoms with van der Waals surface area (Å²) >= 11 is 7.04. The van der Waals surface area contributed by atoms with Crippen LogP contribution >= 0.6 is 22.9 Å². The number of fused-ring (bicyclic) bond motifs is 1. The van der Waals surface area contributed by atoms with E-state index in [0.717, 1.165) is 0 Å². The number of amides is 2. The third-order valence-corrected chi connectivity index (χ3v) is 5.11. The summed E-state index contributed by atoms with van der Waals surface area (Å²) in [5.41, 5.74) is 1.54. The molecule has 0 bridgehead atoms. The monoisotopic (exact) mass is 428 g/mol. The fourth-order valence-electron chi connectivity index (χ4n) is 2.62. The molecule has 0 radical (unpaired) electrons. The predicted octanol–water partition coefficient (Wildman–Crippen LogP) is 5.29. The first-order valence-corrected chi connectivity index (χ1v) is 9.63. The van der Waals surface area contributed by atoms with Gasteiger partial charge in [-0.3, -0.25) is 10.3 Å². The Morgan fingerprint density at radius 2 is 2.03 bits per heavy atom. The van der Waals surface area contributed by atoms with Crippen LogP contribution in [0.3, 0.4) is 0 Å². The highest BCUT2D eigenvalue weighted by molar-refractivity contribution is 7.22. The molecule has 2 N–H and O–H groups in total. The number of urea groups is 1. The summed E-state index contributed by atoms with van der Waals surface area (Å²) in [4.78, 5) is 27.2. The van der Waals surface area contributed by atoms with E-state index < -0.39 is 11.8 Å². The van der Waals surface area contributed by atoms with E-state index in [1.807, 2.05) is 0 Å². The molecule has 0 atom stereocenters. The fraction of sp³-hybridized carbons (Fsp3) is 0.0526. The van der Waals surface area contributed by atoms with E-state index in [2.05, 4.69) is 25.6 Å². The number of nitrogens with zero attached hydrogens (tertiary/aromatic N) is 4. The molecule has 0 spiro atoms. The Kier molecular flexibility index (Phi) is 5.24. The van der Waals surface area contributed by atoms with Gasteiger partial charge >= 0.3 is 6.03 Å². The summed E-state index contributed by atoms with van der Waals surface area (Å²) in [6.45, 7) is 0. The number of carbonyl (C=O) groups is 1. The van der Waals surface area contributed by atoms with Crippen LogP contribution in [0.25, 0.3) is 10.3 Å². The van der Waals surface area contributed by atoms with Gasteiger partial charge in [0.25, 0.3) is 0 Å². The highest BCUT2D eigenvalue weighted by atomic mass is 35.5. The number of benzene rings is 1. The average molecular weight is 429 g/mol. The Hall–Kier alpha value is -3.30. The van der Waals surface area contributed by atoms with Gasteiger partial charge in [0.1, 0.15) is 22.0 Å². The van der Waals surface area contributed by atoms with Crippen molar-refractivity contribution < 1.29 is 9.18 Å². The second kappa shape index (κ2) is 7.98. The highest BCUT2D eigenvalue weighted by Gasteiger charge is 2.14. The Bertz CT molecular complexity index is 1190. The summed E-state index contributed by atoms with van der Waals surface area (Å²) in [6.07, 6.45) is 3.16.